The molecule has 11 heteroatoms. The van der Waals surface area contributed by atoms with Gasteiger partial charge in [-0.2, -0.15) is 0 Å². The van der Waals surface area contributed by atoms with Gasteiger partial charge in [0.15, 0.2) is 0 Å². The van der Waals surface area contributed by atoms with E-state index in [1.807, 2.05) is 0 Å². The quantitative estimate of drug-likeness (QED) is 0.608. The molecule has 1 amide bonds. The number of rotatable bonds is 4. The van der Waals surface area contributed by atoms with Crippen LogP contribution in [0.15, 0.2) is 23.1 Å². The lowest BCUT2D eigenvalue weighted by Crippen LogP contribution is -2.55. The molecule has 1 aromatic rings. The topological polar surface area (TPSA) is 38.8 Å². The Morgan fingerprint density at radius 2 is 1.77 bits per heavy atom. The lowest BCUT2D eigenvalue weighted by atomic mass is 10.1. The van der Waals surface area contributed by atoms with E-state index in [1.165, 1.54) is 4.90 Å². The molecule has 1 aliphatic rings. The van der Waals surface area contributed by atoms with Crippen molar-refractivity contribution in [3.05, 3.63) is 29.6 Å². The van der Waals surface area contributed by atoms with Crippen LogP contribution >= 0.6 is 10.2 Å². The Morgan fingerprint density at radius 1 is 1.19 bits per heavy atom. The summed E-state index contributed by atoms with van der Waals surface area (Å²) in [6.07, 6.45) is -0.985. The molecule has 0 bridgehead atoms. The van der Waals surface area contributed by atoms with Gasteiger partial charge >= 0.3 is 16.3 Å². The smallest absolute Gasteiger partial charge is 0.410 e. The molecule has 0 aliphatic carbocycles. The minimum atomic E-state index is -9.92. The summed E-state index contributed by atoms with van der Waals surface area (Å²) in [7, 11) is -9.92. The number of carbonyl (C=O) groups is 1. The Hall–Kier alpha value is -1.62. The minimum Gasteiger partial charge on any atom is -0.444 e. The van der Waals surface area contributed by atoms with Gasteiger partial charge in [-0.05, 0) is 32.9 Å². The van der Waals surface area contributed by atoms with Gasteiger partial charge in [0.25, 0.3) is 0 Å². The molecule has 150 valence electrons. The summed E-state index contributed by atoms with van der Waals surface area (Å²) in [6.45, 7) is 5.08. The van der Waals surface area contributed by atoms with Crippen LogP contribution in [0.1, 0.15) is 26.3 Å². The molecule has 0 atom stereocenters. The maximum atomic E-state index is 13.7. The second-order valence-corrected chi connectivity index (χ2v) is 9.45. The van der Waals surface area contributed by atoms with Gasteiger partial charge in [0.1, 0.15) is 16.3 Å². The average molecular weight is 407 g/mol. The summed E-state index contributed by atoms with van der Waals surface area (Å²) >= 11 is 0. The van der Waals surface area contributed by atoms with Crippen molar-refractivity contribution in [3.63, 3.8) is 0 Å². The third kappa shape index (κ3) is 5.44. The van der Waals surface area contributed by atoms with E-state index in [1.54, 1.807) is 20.8 Å². The predicted octanol–water partition coefficient (Wildman–Crippen LogP) is 5.62. The number of nitrogens with zero attached hydrogens (tertiary/aromatic N) is 1. The van der Waals surface area contributed by atoms with E-state index in [0.717, 1.165) is 0 Å². The van der Waals surface area contributed by atoms with Crippen LogP contribution in [0.25, 0.3) is 0 Å². The molecule has 1 fully saturated rings. The summed E-state index contributed by atoms with van der Waals surface area (Å²) in [5.74, 6) is -1.43. The van der Waals surface area contributed by atoms with Crippen molar-refractivity contribution in [2.75, 3.05) is 13.1 Å². The summed E-state index contributed by atoms with van der Waals surface area (Å²) < 4.78 is 87.3. The monoisotopic (exact) mass is 407 g/mol. The van der Waals surface area contributed by atoms with E-state index in [9.17, 15) is 28.6 Å². The van der Waals surface area contributed by atoms with Crippen molar-refractivity contribution in [1.82, 2.24) is 4.90 Å². The van der Waals surface area contributed by atoms with E-state index in [4.69, 9.17) is 9.47 Å². The van der Waals surface area contributed by atoms with Gasteiger partial charge in [0.05, 0.1) is 25.8 Å². The van der Waals surface area contributed by atoms with Crippen LogP contribution in [0, 0.1) is 5.82 Å². The first-order valence-electron chi connectivity index (χ1n) is 7.57. The van der Waals surface area contributed by atoms with E-state index < -0.39 is 45.3 Å². The lowest BCUT2D eigenvalue weighted by Gasteiger charge is -2.40. The highest BCUT2D eigenvalue weighted by molar-refractivity contribution is 8.45. The SMILES string of the molecule is CC(C)(C)OC(=O)N1CC(OCc2ccc(S(F)(F)(F)(F)F)cc2F)C1. The maximum Gasteiger partial charge on any atom is 0.410 e. The Labute approximate surface area is 146 Å². The summed E-state index contributed by atoms with van der Waals surface area (Å²) in [5.41, 5.74) is -0.942. The summed E-state index contributed by atoms with van der Waals surface area (Å²) in [4.78, 5) is 10.8. The number of hydrogen-bond donors (Lipinski definition) is 0. The fraction of sp³-hybridized carbons (Fsp3) is 0.533. The average Bonchev–Trinajstić information content (AvgIpc) is 2.33. The van der Waals surface area contributed by atoms with Crippen LogP contribution < -0.4 is 0 Å². The summed E-state index contributed by atoms with van der Waals surface area (Å²) in [5, 5.41) is 0. The number of carbonyl (C=O) groups excluding carboxylic acids is 1. The van der Waals surface area contributed by atoms with Gasteiger partial charge in [-0.15, -0.1) is 0 Å². The van der Waals surface area contributed by atoms with E-state index in [-0.39, 0.29) is 30.8 Å². The number of halogens is 6. The molecule has 1 heterocycles. The van der Waals surface area contributed by atoms with Crippen LogP contribution in [-0.2, 0) is 16.1 Å². The van der Waals surface area contributed by atoms with Crippen LogP contribution in [-0.4, -0.2) is 35.8 Å². The molecule has 1 aromatic carbocycles. The van der Waals surface area contributed by atoms with Crippen LogP contribution in [0.4, 0.5) is 28.6 Å². The molecule has 0 spiro atoms. The molecule has 4 nitrogen and oxygen atoms in total. The molecule has 0 N–H and O–H groups in total. The Bertz CT molecular complexity index is 711. The number of hydrogen-bond acceptors (Lipinski definition) is 3. The van der Waals surface area contributed by atoms with Gasteiger partial charge in [-0.25, -0.2) is 9.18 Å². The Balaban J connectivity index is 1.90. The second-order valence-electron chi connectivity index (χ2n) is 7.04. The minimum absolute atomic E-state index is 0.136. The highest BCUT2D eigenvalue weighted by atomic mass is 32.5. The molecular weight excluding hydrogens is 388 g/mol. The zero-order valence-electron chi connectivity index (χ0n) is 14.3. The first kappa shape index (κ1) is 20.7. The highest BCUT2D eigenvalue weighted by Gasteiger charge is 2.65. The van der Waals surface area contributed by atoms with Crippen molar-refractivity contribution < 1.29 is 38.1 Å². The van der Waals surface area contributed by atoms with E-state index in [0.29, 0.717) is 6.07 Å². The molecule has 0 unspecified atom stereocenters. The van der Waals surface area contributed by atoms with Gasteiger partial charge < -0.3 is 14.4 Å². The van der Waals surface area contributed by atoms with E-state index in [2.05, 4.69) is 0 Å². The molecule has 0 radical (unpaired) electrons. The van der Waals surface area contributed by atoms with Gasteiger partial charge in [0, 0.05) is 5.56 Å². The first-order valence-corrected chi connectivity index (χ1v) is 9.52. The largest absolute Gasteiger partial charge is 0.444 e. The normalized spacial score (nSPS) is 18.7. The fourth-order valence-corrected chi connectivity index (χ4v) is 2.76. The van der Waals surface area contributed by atoms with Gasteiger partial charge in [-0.1, -0.05) is 25.5 Å². The Kier molecular flexibility index (Phi) is 4.52. The molecule has 1 saturated heterocycles. The third-order valence-corrected chi connectivity index (χ3v) is 4.59. The van der Waals surface area contributed by atoms with Crippen molar-refractivity contribution >= 4 is 16.3 Å². The molecule has 0 aromatic heterocycles. The molecule has 26 heavy (non-hydrogen) atoms. The number of likely N-dealkylation sites (tertiary alicyclic amines) is 1. The zero-order chi connectivity index (χ0) is 20.0. The third-order valence-electron chi connectivity index (χ3n) is 3.44. The van der Waals surface area contributed by atoms with Gasteiger partial charge in [-0.3, -0.25) is 0 Å². The van der Waals surface area contributed by atoms with Gasteiger partial charge in [0.2, 0.25) is 0 Å². The van der Waals surface area contributed by atoms with E-state index >= 15 is 0 Å². The molecular formula is C15H19F6NO3S. The number of amides is 1. The lowest BCUT2D eigenvalue weighted by molar-refractivity contribution is -0.0696. The molecule has 0 saturated carbocycles. The number of benzene rings is 1. The molecule has 1 aliphatic heterocycles. The predicted molar refractivity (Wildman–Crippen MR) is 84.2 cm³/mol. The second kappa shape index (κ2) is 5.69. The van der Waals surface area contributed by atoms with Crippen molar-refractivity contribution in [2.45, 2.75) is 44.0 Å². The fourth-order valence-electron chi connectivity index (χ4n) is 2.11. The summed E-state index contributed by atoms with van der Waals surface area (Å²) in [6, 6.07) is 0.526. The number of ether oxygens (including phenoxy) is 2. The van der Waals surface area contributed by atoms with Crippen LogP contribution in [0.5, 0.6) is 0 Å². The standard InChI is InChI=1S/C15H19F6NO3S/c1-15(2,3)25-14(23)22-7-11(8-22)24-9-10-4-5-12(6-13(10)16)26(17,18,19,20)21/h4-6,11H,7-9H2,1-3H3. The highest BCUT2D eigenvalue weighted by Crippen LogP contribution is 3.02. The van der Waals surface area contributed by atoms with Crippen molar-refractivity contribution in [1.29, 1.82) is 0 Å². The van der Waals surface area contributed by atoms with Crippen LogP contribution in [0.3, 0.4) is 0 Å². The Morgan fingerprint density at radius 3 is 2.23 bits per heavy atom. The maximum absolute atomic E-state index is 13.7. The molecule has 2 rings (SSSR count). The zero-order valence-corrected chi connectivity index (χ0v) is 15.1. The van der Waals surface area contributed by atoms with Crippen LogP contribution in [0.2, 0.25) is 0 Å². The van der Waals surface area contributed by atoms with Crippen molar-refractivity contribution in [2.24, 2.45) is 0 Å². The van der Waals surface area contributed by atoms with Crippen molar-refractivity contribution in [3.8, 4) is 0 Å². The first-order chi connectivity index (χ1) is 11.4.